The predicted octanol–water partition coefficient (Wildman–Crippen LogP) is 3.54. The standard InChI is InChI=1S/C27H27N3O7S/c1-6-37-26(33)22-15(4)28-27-29(23(22)18-9-7-17(8-10-18)14(2)3)25(32)21(38-27)13-16-11-19(30(34)35)24(31)20(12-16)36-5/h7-14,23,31H,6H2,1-5H3/b21-13-/t23-/m1/s1. The molecule has 0 unspecified atom stereocenters. The molecule has 1 aliphatic heterocycles. The first-order chi connectivity index (χ1) is 18.1. The van der Waals surface area contributed by atoms with Gasteiger partial charge in [0.1, 0.15) is 0 Å². The van der Waals surface area contributed by atoms with Gasteiger partial charge in [-0.05, 0) is 48.6 Å². The summed E-state index contributed by atoms with van der Waals surface area (Å²) in [7, 11) is 1.28. The summed E-state index contributed by atoms with van der Waals surface area (Å²) in [6, 6.07) is 9.52. The minimum absolute atomic E-state index is 0.0956. The maximum Gasteiger partial charge on any atom is 0.338 e. The normalized spacial score (nSPS) is 15.3. The van der Waals surface area contributed by atoms with Gasteiger partial charge in [-0.25, -0.2) is 9.79 Å². The summed E-state index contributed by atoms with van der Waals surface area (Å²) in [6.07, 6.45) is 1.47. The number of fused-ring (bicyclic) bond motifs is 1. The molecule has 0 amide bonds. The smallest absolute Gasteiger partial charge is 0.338 e. The van der Waals surface area contributed by atoms with Crippen LogP contribution in [0.25, 0.3) is 6.08 Å². The molecule has 0 aliphatic carbocycles. The van der Waals surface area contributed by atoms with E-state index < -0.39 is 33.9 Å². The van der Waals surface area contributed by atoms with Crippen LogP contribution in [-0.4, -0.2) is 34.3 Å². The lowest BCUT2D eigenvalue weighted by atomic mass is 9.93. The fourth-order valence-corrected chi connectivity index (χ4v) is 5.36. The van der Waals surface area contributed by atoms with Crippen molar-refractivity contribution in [1.82, 2.24) is 4.57 Å². The third kappa shape index (κ3) is 4.84. The van der Waals surface area contributed by atoms with E-state index in [1.54, 1.807) is 13.8 Å². The summed E-state index contributed by atoms with van der Waals surface area (Å²) in [5.41, 5.74) is 1.86. The molecule has 4 rings (SSSR count). The van der Waals surface area contributed by atoms with E-state index in [4.69, 9.17) is 9.47 Å². The summed E-state index contributed by atoms with van der Waals surface area (Å²) >= 11 is 1.09. The minimum Gasteiger partial charge on any atom is -0.500 e. The second kappa shape index (κ2) is 10.6. The first-order valence-corrected chi connectivity index (χ1v) is 12.7. The topological polar surface area (TPSA) is 133 Å². The second-order valence-electron chi connectivity index (χ2n) is 8.97. The van der Waals surface area contributed by atoms with Crippen molar-refractivity contribution in [3.8, 4) is 11.5 Å². The Morgan fingerprint density at radius 3 is 2.55 bits per heavy atom. The number of phenolic OH excluding ortho intramolecular Hbond substituents is 1. The van der Waals surface area contributed by atoms with E-state index in [2.05, 4.69) is 18.8 Å². The van der Waals surface area contributed by atoms with E-state index in [1.165, 1.54) is 23.8 Å². The van der Waals surface area contributed by atoms with Crippen molar-refractivity contribution < 1.29 is 24.3 Å². The first kappa shape index (κ1) is 26.8. The number of nitro benzene ring substituents is 1. The number of nitrogens with zero attached hydrogens (tertiary/aromatic N) is 3. The largest absolute Gasteiger partial charge is 0.500 e. The van der Waals surface area contributed by atoms with E-state index in [0.717, 1.165) is 28.5 Å². The monoisotopic (exact) mass is 537 g/mol. The van der Waals surface area contributed by atoms with Crippen LogP contribution in [0, 0.1) is 10.1 Å². The fourth-order valence-electron chi connectivity index (χ4n) is 4.31. The van der Waals surface area contributed by atoms with Crippen LogP contribution in [0.5, 0.6) is 11.5 Å². The molecule has 0 spiro atoms. The second-order valence-corrected chi connectivity index (χ2v) is 9.98. The highest BCUT2D eigenvalue weighted by atomic mass is 32.1. The highest BCUT2D eigenvalue weighted by Crippen LogP contribution is 2.37. The molecule has 0 radical (unpaired) electrons. The lowest BCUT2D eigenvalue weighted by molar-refractivity contribution is -0.386. The van der Waals surface area contributed by atoms with Crippen LogP contribution in [0.1, 0.15) is 56.3 Å². The van der Waals surface area contributed by atoms with Crippen LogP contribution in [-0.2, 0) is 9.53 Å². The first-order valence-electron chi connectivity index (χ1n) is 11.9. The fraction of sp³-hybridized carbons (Fsp3) is 0.296. The van der Waals surface area contributed by atoms with Gasteiger partial charge in [0.15, 0.2) is 10.6 Å². The maximum atomic E-state index is 13.7. The molecule has 38 heavy (non-hydrogen) atoms. The number of aromatic nitrogens is 1. The van der Waals surface area contributed by atoms with Crippen molar-refractivity contribution in [2.75, 3.05) is 13.7 Å². The summed E-state index contributed by atoms with van der Waals surface area (Å²) in [4.78, 5) is 42.4. The Kier molecular flexibility index (Phi) is 7.49. The van der Waals surface area contributed by atoms with Crippen molar-refractivity contribution >= 4 is 29.1 Å². The SMILES string of the molecule is CCOC(=O)C1=C(C)N=c2s/c(=C\c3cc(OC)c(O)c([N+](=O)[O-])c3)c(=O)n2[C@@H]1c1ccc(C(C)C)cc1. The van der Waals surface area contributed by atoms with Crippen LogP contribution >= 0.6 is 11.3 Å². The van der Waals surface area contributed by atoms with Crippen molar-refractivity contribution in [2.24, 2.45) is 4.99 Å². The third-order valence-corrected chi connectivity index (χ3v) is 7.21. The number of carbonyl (C=O) groups excluding carboxylic acids is 1. The van der Waals surface area contributed by atoms with Gasteiger partial charge in [-0.2, -0.15) is 0 Å². The van der Waals surface area contributed by atoms with Crippen LogP contribution in [0.2, 0.25) is 0 Å². The number of carbonyl (C=O) groups is 1. The highest BCUT2D eigenvalue weighted by molar-refractivity contribution is 7.07. The van der Waals surface area contributed by atoms with E-state index in [1.807, 2.05) is 24.3 Å². The Balaban J connectivity index is 1.95. The molecule has 2 heterocycles. The number of thiazole rings is 1. The molecule has 2 aromatic carbocycles. The van der Waals surface area contributed by atoms with Gasteiger partial charge in [0.05, 0.1) is 40.5 Å². The average molecular weight is 538 g/mol. The van der Waals surface area contributed by atoms with Gasteiger partial charge in [0.2, 0.25) is 5.75 Å². The number of ether oxygens (including phenoxy) is 2. The number of nitro groups is 1. The van der Waals surface area contributed by atoms with E-state index in [-0.39, 0.29) is 28.0 Å². The molecule has 0 bridgehead atoms. The Morgan fingerprint density at radius 1 is 1.29 bits per heavy atom. The van der Waals surface area contributed by atoms with Gasteiger partial charge in [0, 0.05) is 6.07 Å². The Labute approximate surface area is 222 Å². The number of phenols is 1. The molecule has 1 atom stereocenters. The number of hydrogen-bond donors (Lipinski definition) is 1. The molecule has 0 saturated heterocycles. The zero-order chi connectivity index (χ0) is 27.7. The Bertz CT molecular complexity index is 1630. The molecule has 0 saturated carbocycles. The number of aromatic hydroxyl groups is 1. The predicted molar refractivity (Wildman–Crippen MR) is 142 cm³/mol. The molecular formula is C27H27N3O7S. The zero-order valence-corrected chi connectivity index (χ0v) is 22.4. The highest BCUT2D eigenvalue weighted by Gasteiger charge is 2.33. The van der Waals surface area contributed by atoms with Crippen molar-refractivity contribution in [1.29, 1.82) is 0 Å². The molecule has 10 nitrogen and oxygen atoms in total. The molecule has 1 N–H and O–H groups in total. The summed E-state index contributed by atoms with van der Waals surface area (Å²) in [6.45, 7) is 7.73. The minimum atomic E-state index is -0.766. The molecule has 1 aliphatic rings. The molecular weight excluding hydrogens is 510 g/mol. The van der Waals surface area contributed by atoms with Gasteiger partial charge in [-0.15, -0.1) is 0 Å². The van der Waals surface area contributed by atoms with Gasteiger partial charge < -0.3 is 14.6 Å². The van der Waals surface area contributed by atoms with Gasteiger partial charge in [-0.1, -0.05) is 49.4 Å². The van der Waals surface area contributed by atoms with Crippen LogP contribution < -0.4 is 19.6 Å². The molecule has 3 aromatic rings. The Morgan fingerprint density at radius 2 is 1.97 bits per heavy atom. The van der Waals surface area contributed by atoms with Crippen molar-refractivity contribution in [3.05, 3.63) is 94.2 Å². The van der Waals surface area contributed by atoms with E-state index >= 15 is 0 Å². The molecule has 1 aromatic heterocycles. The number of hydrogen-bond acceptors (Lipinski definition) is 9. The van der Waals surface area contributed by atoms with E-state index in [9.17, 15) is 24.8 Å². The van der Waals surface area contributed by atoms with Crippen LogP contribution in [0.4, 0.5) is 5.69 Å². The van der Waals surface area contributed by atoms with Crippen molar-refractivity contribution in [3.63, 3.8) is 0 Å². The van der Waals surface area contributed by atoms with Gasteiger partial charge in [0.25, 0.3) is 5.56 Å². The van der Waals surface area contributed by atoms with Crippen LogP contribution in [0.3, 0.4) is 0 Å². The number of benzene rings is 2. The van der Waals surface area contributed by atoms with Gasteiger partial charge >= 0.3 is 11.7 Å². The molecule has 11 heteroatoms. The summed E-state index contributed by atoms with van der Waals surface area (Å²) < 4.78 is 12.1. The third-order valence-electron chi connectivity index (χ3n) is 6.23. The summed E-state index contributed by atoms with van der Waals surface area (Å²) in [5, 5.41) is 21.5. The number of methoxy groups -OCH3 is 1. The molecule has 0 fully saturated rings. The summed E-state index contributed by atoms with van der Waals surface area (Å²) in [5.74, 6) is -0.948. The van der Waals surface area contributed by atoms with E-state index in [0.29, 0.717) is 16.4 Å². The maximum absolute atomic E-state index is 13.7. The molecule has 198 valence electrons. The number of esters is 1. The van der Waals surface area contributed by atoms with Crippen LogP contribution in [0.15, 0.2) is 57.5 Å². The zero-order valence-electron chi connectivity index (χ0n) is 21.5. The quantitative estimate of drug-likeness (QED) is 0.277. The lowest BCUT2D eigenvalue weighted by Gasteiger charge is -2.25. The van der Waals surface area contributed by atoms with Crippen molar-refractivity contribution in [2.45, 2.75) is 39.7 Å². The van der Waals surface area contributed by atoms with Gasteiger partial charge in [-0.3, -0.25) is 19.5 Å². The average Bonchev–Trinajstić information content (AvgIpc) is 3.18. The number of allylic oxidation sites excluding steroid dienone is 1. The number of rotatable bonds is 7. The lowest BCUT2D eigenvalue weighted by Crippen LogP contribution is -2.39. The Hall–Kier alpha value is -4.25.